The molecule has 3 rings (SSSR count). The van der Waals surface area contributed by atoms with Gasteiger partial charge in [0.2, 0.25) is 0 Å². The topological polar surface area (TPSA) is 83.1 Å². The Balaban J connectivity index is 1.54. The predicted octanol–water partition coefficient (Wildman–Crippen LogP) is 4.37. The molecule has 8 heteroatoms. The summed E-state index contributed by atoms with van der Waals surface area (Å²) in [7, 11) is 0. The van der Waals surface area contributed by atoms with Crippen molar-refractivity contribution in [2.75, 3.05) is 10.6 Å². The van der Waals surface area contributed by atoms with E-state index >= 15 is 0 Å². The Hall–Kier alpha value is -2.90. The third-order valence-electron chi connectivity index (χ3n) is 3.39. The Kier molecular flexibility index (Phi) is 5.83. The summed E-state index contributed by atoms with van der Waals surface area (Å²) in [4.78, 5) is 28.2. The molecule has 0 spiro atoms. The fraction of sp³-hybridized carbons (Fsp3) is 0.0556. The Bertz CT molecular complexity index is 914. The zero-order valence-electron chi connectivity index (χ0n) is 13.5. The molecule has 0 bridgehead atoms. The smallest absolute Gasteiger partial charge is 0.325 e. The van der Waals surface area contributed by atoms with Crippen LogP contribution in [0.5, 0.6) is 0 Å². The average molecular weight is 387 g/mol. The third kappa shape index (κ3) is 4.81. The minimum Gasteiger partial charge on any atom is -0.347 e. The first kappa shape index (κ1) is 17.9. The van der Waals surface area contributed by atoms with Gasteiger partial charge in [-0.05, 0) is 23.8 Å². The second-order valence-corrected chi connectivity index (χ2v) is 6.52. The molecule has 3 aromatic rings. The summed E-state index contributed by atoms with van der Waals surface area (Å²) in [5.74, 6) is -0.335. The summed E-state index contributed by atoms with van der Waals surface area (Å²) in [6.07, 6.45) is 0. The second kappa shape index (κ2) is 8.46. The van der Waals surface area contributed by atoms with Crippen LogP contribution in [0.3, 0.4) is 0 Å². The van der Waals surface area contributed by atoms with E-state index in [0.29, 0.717) is 22.4 Å². The Morgan fingerprint density at radius 2 is 1.73 bits per heavy atom. The molecule has 1 heterocycles. The van der Waals surface area contributed by atoms with Crippen molar-refractivity contribution < 1.29 is 9.59 Å². The SMILES string of the molecule is O=C(Nc1ccccc1)Nc1nc(C(=O)NCc2ccccc2Cl)cs1. The van der Waals surface area contributed by atoms with E-state index in [9.17, 15) is 9.59 Å². The number of amides is 3. The zero-order valence-corrected chi connectivity index (χ0v) is 15.1. The van der Waals surface area contributed by atoms with Gasteiger partial charge in [-0.25, -0.2) is 9.78 Å². The maximum Gasteiger partial charge on any atom is 0.325 e. The lowest BCUT2D eigenvalue weighted by atomic mass is 10.2. The van der Waals surface area contributed by atoms with E-state index in [4.69, 9.17) is 11.6 Å². The molecule has 0 unspecified atom stereocenters. The van der Waals surface area contributed by atoms with Crippen LogP contribution < -0.4 is 16.0 Å². The van der Waals surface area contributed by atoms with E-state index in [1.807, 2.05) is 36.4 Å². The number of nitrogens with one attached hydrogen (secondary N) is 3. The van der Waals surface area contributed by atoms with E-state index < -0.39 is 6.03 Å². The first-order valence-electron chi connectivity index (χ1n) is 7.72. The molecular weight excluding hydrogens is 372 g/mol. The summed E-state index contributed by atoms with van der Waals surface area (Å²) in [5.41, 5.74) is 1.72. The van der Waals surface area contributed by atoms with Crippen LogP contribution in [0.4, 0.5) is 15.6 Å². The normalized spacial score (nSPS) is 10.2. The van der Waals surface area contributed by atoms with Gasteiger partial charge >= 0.3 is 6.03 Å². The van der Waals surface area contributed by atoms with E-state index in [0.717, 1.165) is 5.56 Å². The molecule has 3 amide bonds. The van der Waals surface area contributed by atoms with Crippen molar-refractivity contribution in [3.8, 4) is 0 Å². The first-order chi connectivity index (χ1) is 12.6. The quantitative estimate of drug-likeness (QED) is 0.608. The van der Waals surface area contributed by atoms with Gasteiger partial charge in [-0.1, -0.05) is 48.0 Å². The van der Waals surface area contributed by atoms with E-state index in [-0.39, 0.29) is 11.6 Å². The minimum atomic E-state index is -0.423. The van der Waals surface area contributed by atoms with Crippen LogP contribution in [0.25, 0.3) is 0 Å². The van der Waals surface area contributed by atoms with Crippen LogP contribution in [-0.2, 0) is 6.54 Å². The highest BCUT2D eigenvalue weighted by Crippen LogP contribution is 2.17. The number of urea groups is 1. The van der Waals surface area contributed by atoms with Gasteiger partial charge in [-0.2, -0.15) is 0 Å². The molecule has 3 N–H and O–H groups in total. The molecule has 0 saturated heterocycles. The van der Waals surface area contributed by atoms with Crippen LogP contribution in [0.2, 0.25) is 5.02 Å². The lowest BCUT2D eigenvalue weighted by Gasteiger charge is -2.05. The minimum absolute atomic E-state index is 0.233. The number of carbonyl (C=O) groups excluding carboxylic acids is 2. The number of carbonyl (C=O) groups is 2. The van der Waals surface area contributed by atoms with Gasteiger partial charge in [-0.15, -0.1) is 11.3 Å². The number of halogens is 1. The summed E-state index contributed by atoms with van der Waals surface area (Å²) >= 11 is 7.23. The standard InChI is InChI=1S/C18H15ClN4O2S/c19-14-9-5-4-6-12(14)10-20-16(24)15-11-26-18(22-15)23-17(25)21-13-7-2-1-3-8-13/h1-9,11H,10H2,(H,20,24)(H2,21,22,23,25). The fourth-order valence-corrected chi connectivity index (χ4v) is 3.01. The van der Waals surface area contributed by atoms with Crippen molar-refractivity contribution in [3.05, 3.63) is 76.3 Å². The third-order valence-corrected chi connectivity index (χ3v) is 4.51. The Morgan fingerprint density at radius 1 is 1.00 bits per heavy atom. The Labute approximate surface area is 159 Å². The number of thiazole rings is 1. The van der Waals surface area contributed by atoms with Crippen LogP contribution in [0.15, 0.2) is 60.0 Å². The van der Waals surface area contributed by atoms with Gasteiger partial charge in [0.25, 0.3) is 5.91 Å². The predicted molar refractivity (Wildman–Crippen MR) is 104 cm³/mol. The van der Waals surface area contributed by atoms with E-state index in [2.05, 4.69) is 20.9 Å². The number of nitrogens with zero attached hydrogens (tertiary/aromatic N) is 1. The maximum atomic E-state index is 12.2. The number of rotatable bonds is 5. The highest BCUT2D eigenvalue weighted by Gasteiger charge is 2.13. The molecule has 1 aromatic heterocycles. The van der Waals surface area contributed by atoms with Crippen molar-refractivity contribution in [1.82, 2.24) is 10.3 Å². The van der Waals surface area contributed by atoms with Crippen molar-refractivity contribution >= 4 is 45.7 Å². The highest BCUT2D eigenvalue weighted by molar-refractivity contribution is 7.14. The van der Waals surface area contributed by atoms with Crippen molar-refractivity contribution in [1.29, 1.82) is 0 Å². The molecule has 132 valence electrons. The second-order valence-electron chi connectivity index (χ2n) is 5.26. The molecule has 0 atom stereocenters. The first-order valence-corrected chi connectivity index (χ1v) is 8.98. The number of benzene rings is 2. The Morgan fingerprint density at radius 3 is 2.50 bits per heavy atom. The van der Waals surface area contributed by atoms with Crippen LogP contribution in [0.1, 0.15) is 16.1 Å². The molecular formula is C18H15ClN4O2S. The van der Waals surface area contributed by atoms with Gasteiger partial charge in [0, 0.05) is 22.6 Å². The fourth-order valence-electron chi connectivity index (χ4n) is 2.12. The van der Waals surface area contributed by atoms with Gasteiger partial charge < -0.3 is 10.6 Å². The largest absolute Gasteiger partial charge is 0.347 e. The van der Waals surface area contributed by atoms with Crippen molar-refractivity contribution in [3.63, 3.8) is 0 Å². The molecule has 0 aliphatic rings. The van der Waals surface area contributed by atoms with Crippen LogP contribution in [-0.4, -0.2) is 16.9 Å². The summed E-state index contributed by atoms with van der Waals surface area (Å²) < 4.78 is 0. The lowest BCUT2D eigenvalue weighted by Crippen LogP contribution is -2.23. The molecule has 0 radical (unpaired) electrons. The summed E-state index contributed by atoms with van der Waals surface area (Å²) in [5, 5.41) is 10.5. The average Bonchev–Trinajstić information content (AvgIpc) is 3.10. The number of anilines is 2. The van der Waals surface area contributed by atoms with Crippen molar-refractivity contribution in [2.24, 2.45) is 0 Å². The summed E-state index contributed by atoms with van der Waals surface area (Å²) in [6, 6.07) is 15.9. The molecule has 0 saturated carbocycles. The van der Waals surface area contributed by atoms with Crippen molar-refractivity contribution in [2.45, 2.75) is 6.54 Å². The highest BCUT2D eigenvalue weighted by atomic mass is 35.5. The van der Waals surface area contributed by atoms with Gasteiger partial charge in [0.1, 0.15) is 5.69 Å². The lowest BCUT2D eigenvalue weighted by molar-refractivity contribution is 0.0946. The van der Waals surface area contributed by atoms with E-state index in [1.54, 1.807) is 23.6 Å². The van der Waals surface area contributed by atoms with E-state index in [1.165, 1.54) is 11.3 Å². The number of aromatic nitrogens is 1. The van der Waals surface area contributed by atoms with Gasteiger partial charge in [0.15, 0.2) is 5.13 Å². The molecule has 2 aromatic carbocycles. The maximum absolute atomic E-state index is 12.2. The van der Waals surface area contributed by atoms with Crippen LogP contribution >= 0.6 is 22.9 Å². The van der Waals surface area contributed by atoms with Gasteiger partial charge in [0.05, 0.1) is 0 Å². The van der Waals surface area contributed by atoms with Crippen LogP contribution in [0, 0.1) is 0 Å². The summed E-state index contributed by atoms with van der Waals surface area (Å²) in [6.45, 7) is 0.299. The number of para-hydroxylation sites is 1. The zero-order chi connectivity index (χ0) is 18.4. The number of hydrogen-bond acceptors (Lipinski definition) is 4. The molecule has 0 aliphatic heterocycles. The monoisotopic (exact) mass is 386 g/mol. The number of hydrogen-bond donors (Lipinski definition) is 3. The molecule has 26 heavy (non-hydrogen) atoms. The van der Waals surface area contributed by atoms with Gasteiger partial charge in [-0.3, -0.25) is 10.1 Å². The molecule has 0 fully saturated rings. The molecule has 0 aliphatic carbocycles. The molecule has 6 nitrogen and oxygen atoms in total.